The van der Waals surface area contributed by atoms with Crippen LogP contribution < -0.4 is 5.32 Å². The van der Waals surface area contributed by atoms with E-state index in [1.54, 1.807) is 0 Å². The van der Waals surface area contributed by atoms with Crippen molar-refractivity contribution in [2.45, 2.75) is 149 Å². The third-order valence-electron chi connectivity index (χ3n) is 6.78. The van der Waals surface area contributed by atoms with Gasteiger partial charge in [-0.2, -0.15) is 0 Å². The highest BCUT2D eigenvalue weighted by Gasteiger charge is 2.21. The molecule has 0 rings (SSSR count). The summed E-state index contributed by atoms with van der Waals surface area (Å²) in [6.45, 7) is 11.3. The molecule has 0 bridgehead atoms. The Bertz CT molecular complexity index is 567. The van der Waals surface area contributed by atoms with Gasteiger partial charge in [-0.25, -0.2) is 0 Å². The molecule has 1 unspecified atom stereocenters. The molecule has 214 valence electrons. The number of carbonyl (C=O) groups is 1. The second-order valence-electron chi connectivity index (χ2n) is 10.2. The van der Waals surface area contributed by atoms with Crippen molar-refractivity contribution < 1.29 is 18.4 Å². The van der Waals surface area contributed by atoms with Gasteiger partial charge < -0.3 is 14.4 Å². The van der Waals surface area contributed by atoms with Crippen LogP contribution >= 0.6 is 7.60 Å². The molecule has 0 aromatic heterocycles. The number of unbranched alkanes of at least 4 members (excludes halogenated alkanes) is 15. The standard InChI is InChI=1S/C30H60NO4P/c1-5-8-9-10-11-12-13-14-15-16-17-18-19-20-21-24-30(32)25-22-23-27-34-36(33,7-3)35-28-26-31-29(4)6-2/h31H,4-28H2,1-3H3. The fourth-order valence-corrected chi connectivity index (χ4v) is 5.42. The molecule has 6 heteroatoms. The summed E-state index contributed by atoms with van der Waals surface area (Å²) in [6.07, 6.45) is 24.2. The average Bonchev–Trinajstić information content (AvgIpc) is 2.88. The van der Waals surface area contributed by atoms with E-state index in [4.69, 9.17) is 9.05 Å². The van der Waals surface area contributed by atoms with Crippen LogP contribution in [0.3, 0.4) is 0 Å². The van der Waals surface area contributed by atoms with Crippen LogP contribution in [0.1, 0.15) is 149 Å². The van der Waals surface area contributed by atoms with E-state index >= 15 is 0 Å². The Kier molecular flexibility index (Phi) is 25.5. The summed E-state index contributed by atoms with van der Waals surface area (Å²) in [7, 11) is -3.03. The lowest BCUT2D eigenvalue weighted by atomic mass is 10.0. The van der Waals surface area contributed by atoms with Crippen LogP contribution in [0.15, 0.2) is 12.3 Å². The van der Waals surface area contributed by atoms with Gasteiger partial charge in [0.1, 0.15) is 5.78 Å². The monoisotopic (exact) mass is 529 g/mol. The summed E-state index contributed by atoms with van der Waals surface area (Å²) >= 11 is 0. The molecule has 0 aliphatic carbocycles. The van der Waals surface area contributed by atoms with Crippen LogP contribution in [0.2, 0.25) is 0 Å². The van der Waals surface area contributed by atoms with Crippen molar-refractivity contribution in [3.05, 3.63) is 12.3 Å². The summed E-state index contributed by atoms with van der Waals surface area (Å²) in [5.74, 6) is 0.349. The first-order valence-corrected chi connectivity index (χ1v) is 17.0. The van der Waals surface area contributed by atoms with Gasteiger partial charge in [-0.15, -0.1) is 0 Å². The minimum Gasteiger partial charge on any atom is -0.386 e. The maximum Gasteiger partial charge on any atom is 0.330 e. The third-order valence-corrected chi connectivity index (χ3v) is 8.70. The van der Waals surface area contributed by atoms with Crippen molar-refractivity contribution in [3.63, 3.8) is 0 Å². The van der Waals surface area contributed by atoms with E-state index in [2.05, 4.69) is 18.8 Å². The van der Waals surface area contributed by atoms with E-state index in [1.165, 1.54) is 89.9 Å². The van der Waals surface area contributed by atoms with Crippen LogP contribution in [-0.2, 0) is 18.4 Å². The fourth-order valence-electron chi connectivity index (χ4n) is 4.20. The highest BCUT2D eigenvalue weighted by molar-refractivity contribution is 7.53. The van der Waals surface area contributed by atoms with E-state index in [0.29, 0.717) is 44.5 Å². The van der Waals surface area contributed by atoms with Gasteiger partial charge in [0.25, 0.3) is 0 Å². The summed E-state index contributed by atoms with van der Waals surface area (Å²) in [4.78, 5) is 12.1. The van der Waals surface area contributed by atoms with E-state index in [0.717, 1.165) is 31.4 Å². The zero-order valence-corrected chi connectivity index (χ0v) is 25.2. The molecule has 0 radical (unpaired) electrons. The number of hydrogen-bond donors (Lipinski definition) is 1. The number of rotatable bonds is 29. The molecule has 0 aromatic rings. The Labute approximate surface area is 224 Å². The van der Waals surface area contributed by atoms with Crippen LogP contribution in [0, 0.1) is 0 Å². The number of ketones is 1. The second kappa shape index (κ2) is 26.0. The first kappa shape index (κ1) is 35.4. The number of allylic oxidation sites excluding steroid dienone is 1. The summed E-state index contributed by atoms with van der Waals surface area (Å²) < 4.78 is 23.7. The lowest BCUT2D eigenvalue weighted by molar-refractivity contribution is -0.119. The highest BCUT2D eigenvalue weighted by Crippen LogP contribution is 2.47. The summed E-state index contributed by atoms with van der Waals surface area (Å²) in [6, 6.07) is 0. The Balaban J connectivity index is 3.48. The van der Waals surface area contributed by atoms with E-state index < -0.39 is 7.60 Å². The van der Waals surface area contributed by atoms with E-state index in [9.17, 15) is 9.36 Å². The molecule has 0 aromatic carbocycles. The topological polar surface area (TPSA) is 64.6 Å². The van der Waals surface area contributed by atoms with Crippen molar-refractivity contribution in [1.29, 1.82) is 0 Å². The van der Waals surface area contributed by atoms with Gasteiger partial charge in [-0.1, -0.05) is 117 Å². The Morgan fingerprint density at radius 1 is 0.667 bits per heavy atom. The molecule has 0 aliphatic rings. The van der Waals surface area contributed by atoms with Gasteiger partial charge in [-0.3, -0.25) is 9.36 Å². The normalized spacial score (nSPS) is 13.0. The van der Waals surface area contributed by atoms with Crippen LogP contribution in [0.25, 0.3) is 0 Å². The molecule has 1 N–H and O–H groups in total. The molecular formula is C30H60NO4P. The SMILES string of the molecule is C=C(CC)NCCOP(=O)(CC)OCCCCC(=O)CCCCCCCCCCCCCCCCC. The lowest BCUT2D eigenvalue weighted by Gasteiger charge is -2.17. The fraction of sp³-hybridized carbons (Fsp3) is 0.900. The quantitative estimate of drug-likeness (QED) is 0.0771. The summed E-state index contributed by atoms with van der Waals surface area (Å²) in [5.41, 5.74) is 0.944. The summed E-state index contributed by atoms with van der Waals surface area (Å²) in [5, 5.41) is 3.13. The number of Topliss-reactive ketones (excluding diaryl/α,β-unsaturated/α-hetero) is 1. The molecule has 0 heterocycles. The molecular weight excluding hydrogens is 469 g/mol. The van der Waals surface area contributed by atoms with Crippen molar-refractivity contribution in [2.24, 2.45) is 0 Å². The molecule has 0 aliphatic heterocycles. The van der Waals surface area contributed by atoms with Crippen molar-refractivity contribution in [1.82, 2.24) is 5.32 Å². The van der Waals surface area contributed by atoms with Gasteiger partial charge in [0, 0.05) is 31.2 Å². The molecule has 0 saturated heterocycles. The molecule has 1 atom stereocenters. The van der Waals surface area contributed by atoms with Gasteiger partial charge in [0.15, 0.2) is 0 Å². The minimum atomic E-state index is -3.03. The van der Waals surface area contributed by atoms with Crippen LogP contribution in [-0.4, -0.2) is 31.7 Å². The highest BCUT2D eigenvalue weighted by atomic mass is 31.2. The van der Waals surface area contributed by atoms with E-state index in [1.807, 2.05) is 13.8 Å². The smallest absolute Gasteiger partial charge is 0.330 e. The van der Waals surface area contributed by atoms with Crippen LogP contribution in [0.5, 0.6) is 0 Å². The predicted octanol–water partition coefficient (Wildman–Crippen LogP) is 9.75. The van der Waals surface area contributed by atoms with Gasteiger partial charge >= 0.3 is 7.60 Å². The van der Waals surface area contributed by atoms with Gasteiger partial charge in [0.2, 0.25) is 0 Å². The minimum absolute atomic E-state index is 0.335. The maximum absolute atomic E-state index is 12.6. The Morgan fingerprint density at radius 2 is 1.11 bits per heavy atom. The van der Waals surface area contributed by atoms with E-state index in [-0.39, 0.29) is 0 Å². The first-order valence-electron chi connectivity index (χ1n) is 15.3. The molecule has 0 amide bonds. The van der Waals surface area contributed by atoms with Crippen molar-refractivity contribution in [3.8, 4) is 0 Å². The zero-order chi connectivity index (χ0) is 26.7. The zero-order valence-electron chi connectivity index (χ0n) is 24.3. The maximum atomic E-state index is 12.6. The lowest BCUT2D eigenvalue weighted by Crippen LogP contribution is -2.18. The van der Waals surface area contributed by atoms with Crippen molar-refractivity contribution >= 4 is 13.4 Å². The molecule has 5 nitrogen and oxygen atoms in total. The molecule has 0 fully saturated rings. The third kappa shape index (κ3) is 23.7. The van der Waals surface area contributed by atoms with Gasteiger partial charge in [0.05, 0.1) is 13.2 Å². The molecule has 0 spiro atoms. The van der Waals surface area contributed by atoms with Crippen LogP contribution in [0.4, 0.5) is 0 Å². The number of nitrogens with one attached hydrogen (secondary N) is 1. The predicted molar refractivity (Wildman–Crippen MR) is 156 cm³/mol. The van der Waals surface area contributed by atoms with Crippen molar-refractivity contribution in [2.75, 3.05) is 25.9 Å². The number of hydrogen-bond acceptors (Lipinski definition) is 5. The Hall–Kier alpha value is -0.640. The Morgan fingerprint density at radius 3 is 1.58 bits per heavy atom. The van der Waals surface area contributed by atoms with Gasteiger partial charge in [-0.05, 0) is 25.7 Å². The first-order chi connectivity index (χ1) is 17.5. The largest absolute Gasteiger partial charge is 0.386 e. The second-order valence-corrected chi connectivity index (χ2v) is 12.5. The number of carbonyl (C=O) groups excluding carboxylic acids is 1. The molecule has 0 saturated carbocycles. The molecule has 36 heavy (non-hydrogen) atoms. The average molecular weight is 530 g/mol.